The van der Waals surface area contributed by atoms with Crippen molar-refractivity contribution >= 4 is 5.97 Å². The van der Waals surface area contributed by atoms with Crippen LogP contribution in [0.5, 0.6) is 5.75 Å². The minimum atomic E-state index is -0.955. The lowest BCUT2D eigenvalue weighted by Gasteiger charge is -2.33. The Bertz CT molecular complexity index is 748. The molecule has 1 atom stereocenters. The van der Waals surface area contributed by atoms with Gasteiger partial charge in [-0.1, -0.05) is 24.3 Å². The Kier molecular flexibility index (Phi) is 6.23. The summed E-state index contributed by atoms with van der Waals surface area (Å²) in [6, 6.07) is 13.9. The minimum absolute atomic E-state index is 0.307. The van der Waals surface area contributed by atoms with Gasteiger partial charge < -0.3 is 9.84 Å². The number of carboxylic acids is 1. The second-order valence-corrected chi connectivity index (χ2v) is 7.01. The Hall–Kier alpha value is -2.40. The molecule has 1 fully saturated rings. The largest absolute Gasteiger partial charge is 0.482 e. The molecule has 26 heavy (non-hydrogen) atoms. The number of benzene rings is 1. The molecule has 0 radical (unpaired) electrons. The molecule has 2 heterocycles. The summed E-state index contributed by atoms with van der Waals surface area (Å²) < 4.78 is 5.44. The van der Waals surface area contributed by atoms with Crippen LogP contribution in [-0.4, -0.2) is 40.7 Å². The molecule has 2 aromatic rings. The minimum Gasteiger partial charge on any atom is -0.482 e. The van der Waals surface area contributed by atoms with Gasteiger partial charge in [0.1, 0.15) is 5.75 Å². The fourth-order valence-corrected chi connectivity index (χ4v) is 3.63. The van der Waals surface area contributed by atoms with Gasteiger partial charge in [0.05, 0.1) is 0 Å². The smallest absolute Gasteiger partial charge is 0.341 e. The molecule has 0 spiro atoms. The number of para-hydroxylation sites is 1. The van der Waals surface area contributed by atoms with Gasteiger partial charge in [-0.2, -0.15) is 0 Å². The van der Waals surface area contributed by atoms with E-state index in [-0.39, 0.29) is 6.61 Å². The van der Waals surface area contributed by atoms with E-state index in [9.17, 15) is 4.79 Å². The molecule has 1 saturated heterocycles. The van der Waals surface area contributed by atoms with Crippen molar-refractivity contribution in [2.24, 2.45) is 5.92 Å². The van der Waals surface area contributed by atoms with E-state index in [1.54, 1.807) is 0 Å². The van der Waals surface area contributed by atoms with Gasteiger partial charge in [-0.3, -0.25) is 9.88 Å². The van der Waals surface area contributed by atoms with Crippen molar-refractivity contribution in [3.8, 4) is 5.75 Å². The van der Waals surface area contributed by atoms with E-state index < -0.39 is 5.97 Å². The van der Waals surface area contributed by atoms with Crippen LogP contribution in [0.3, 0.4) is 0 Å². The Morgan fingerprint density at radius 2 is 2.12 bits per heavy atom. The van der Waals surface area contributed by atoms with Crippen molar-refractivity contribution in [1.29, 1.82) is 0 Å². The van der Waals surface area contributed by atoms with Gasteiger partial charge in [-0.25, -0.2) is 4.79 Å². The number of carboxylic acid groups (broad SMARTS) is 1. The average molecular weight is 354 g/mol. The van der Waals surface area contributed by atoms with E-state index >= 15 is 0 Å². The van der Waals surface area contributed by atoms with Crippen LogP contribution in [0, 0.1) is 12.8 Å². The molecule has 0 unspecified atom stereocenters. The number of carbonyl (C=O) groups is 1. The van der Waals surface area contributed by atoms with E-state index in [1.165, 1.54) is 18.5 Å². The van der Waals surface area contributed by atoms with Crippen LogP contribution >= 0.6 is 0 Å². The molecule has 1 aliphatic rings. The number of rotatable bonds is 7. The summed E-state index contributed by atoms with van der Waals surface area (Å²) in [5, 5.41) is 8.84. The molecule has 0 aliphatic carbocycles. The number of likely N-dealkylation sites (tertiary alicyclic amines) is 1. The zero-order chi connectivity index (χ0) is 18.4. The molecule has 0 bridgehead atoms. The first-order chi connectivity index (χ1) is 12.6. The van der Waals surface area contributed by atoms with Crippen molar-refractivity contribution in [3.63, 3.8) is 0 Å². The molecular weight excluding hydrogens is 328 g/mol. The van der Waals surface area contributed by atoms with Gasteiger partial charge in [-0.05, 0) is 56.8 Å². The third-order valence-electron chi connectivity index (χ3n) is 4.76. The molecule has 5 heteroatoms. The topological polar surface area (TPSA) is 62.7 Å². The van der Waals surface area contributed by atoms with Gasteiger partial charge in [0, 0.05) is 30.0 Å². The Labute approximate surface area is 154 Å². The van der Waals surface area contributed by atoms with Gasteiger partial charge in [-0.15, -0.1) is 0 Å². The predicted molar refractivity (Wildman–Crippen MR) is 100 cm³/mol. The van der Waals surface area contributed by atoms with Crippen LogP contribution < -0.4 is 4.74 Å². The highest BCUT2D eigenvalue weighted by Gasteiger charge is 2.21. The maximum absolute atomic E-state index is 10.8. The van der Waals surface area contributed by atoms with Crippen LogP contribution in [0.15, 0.2) is 42.5 Å². The number of hydrogen-bond acceptors (Lipinski definition) is 4. The molecule has 0 saturated carbocycles. The summed E-state index contributed by atoms with van der Waals surface area (Å²) in [6.07, 6.45) is 3.41. The van der Waals surface area contributed by atoms with E-state index in [2.05, 4.69) is 22.0 Å². The van der Waals surface area contributed by atoms with E-state index in [0.717, 1.165) is 37.3 Å². The van der Waals surface area contributed by atoms with Crippen molar-refractivity contribution in [3.05, 3.63) is 59.4 Å². The summed E-state index contributed by atoms with van der Waals surface area (Å²) in [7, 11) is 0. The lowest BCUT2D eigenvalue weighted by molar-refractivity contribution is -0.139. The van der Waals surface area contributed by atoms with Crippen LogP contribution in [0.1, 0.15) is 29.8 Å². The normalized spacial score (nSPS) is 17.8. The molecule has 138 valence electrons. The van der Waals surface area contributed by atoms with E-state index in [1.807, 2.05) is 37.3 Å². The third kappa shape index (κ3) is 5.30. The molecule has 1 aromatic carbocycles. The zero-order valence-corrected chi connectivity index (χ0v) is 15.2. The maximum Gasteiger partial charge on any atom is 0.341 e. The maximum atomic E-state index is 10.8. The van der Waals surface area contributed by atoms with Gasteiger partial charge >= 0.3 is 5.97 Å². The SMILES string of the molecule is Cc1cccc(C[C@@H]2CCCN(Cc3ccccc3OCC(=O)O)C2)n1. The molecule has 5 nitrogen and oxygen atoms in total. The molecule has 0 amide bonds. The highest BCUT2D eigenvalue weighted by molar-refractivity contribution is 5.68. The number of hydrogen-bond donors (Lipinski definition) is 1. The summed E-state index contributed by atoms with van der Waals surface area (Å²) in [4.78, 5) is 17.8. The molecular formula is C21H26N2O3. The average Bonchev–Trinajstić information content (AvgIpc) is 2.61. The Morgan fingerprint density at radius 3 is 2.92 bits per heavy atom. The standard InChI is InChI=1S/C21H26N2O3/c1-16-6-4-9-19(22-16)12-17-7-5-11-23(13-17)14-18-8-2-3-10-20(18)26-15-21(24)25/h2-4,6,8-10,17H,5,7,11-15H2,1H3,(H,24,25)/t17-/m0/s1. The van der Waals surface area contributed by atoms with Crippen molar-refractivity contribution < 1.29 is 14.6 Å². The van der Waals surface area contributed by atoms with Crippen molar-refractivity contribution in [2.75, 3.05) is 19.7 Å². The summed E-state index contributed by atoms with van der Waals surface area (Å²) >= 11 is 0. The zero-order valence-electron chi connectivity index (χ0n) is 15.2. The molecule has 1 aliphatic heterocycles. The monoisotopic (exact) mass is 354 g/mol. The number of aliphatic carboxylic acids is 1. The molecule has 3 rings (SSSR count). The first-order valence-corrected chi connectivity index (χ1v) is 9.17. The second kappa shape index (κ2) is 8.81. The van der Waals surface area contributed by atoms with Crippen LogP contribution in [0.25, 0.3) is 0 Å². The number of aryl methyl sites for hydroxylation is 1. The van der Waals surface area contributed by atoms with Crippen LogP contribution in [0.4, 0.5) is 0 Å². The van der Waals surface area contributed by atoms with Gasteiger partial charge in [0.2, 0.25) is 0 Å². The van der Waals surface area contributed by atoms with Gasteiger partial charge in [0.25, 0.3) is 0 Å². The van der Waals surface area contributed by atoms with Crippen molar-refractivity contribution in [1.82, 2.24) is 9.88 Å². The number of pyridine rings is 1. The fraction of sp³-hybridized carbons (Fsp3) is 0.429. The number of nitrogens with zero attached hydrogens (tertiary/aromatic N) is 2. The highest BCUT2D eigenvalue weighted by atomic mass is 16.5. The lowest BCUT2D eigenvalue weighted by atomic mass is 9.92. The Morgan fingerprint density at radius 1 is 1.27 bits per heavy atom. The van der Waals surface area contributed by atoms with Crippen LogP contribution in [-0.2, 0) is 17.8 Å². The number of piperidine rings is 1. The Balaban J connectivity index is 1.61. The fourth-order valence-electron chi connectivity index (χ4n) is 3.63. The lowest BCUT2D eigenvalue weighted by Crippen LogP contribution is -2.36. The first kappa shape index (κ1) is 18.4. The summed E-state index contributed by atoms with van der Waals surface area (Å²) in [6.45, 7) is 4.60. The summed E-state index contributed by atoms with van der Waals surface area (Å²) in [5.74, 6) is 0.311. The van der Waals surface area contributed by atoms with Gasteiger partial charge in [0.15, 0.2) is 6.61 Å². The molecule has 1 N–H and O–H groups in total. The highest BCUT2D eigenvalue weighted by Crippen LogP contribution is 2.25. The number of aromatic nitrogens is 1. The van der Waals surface area contributed by atoms with E-state index in [4.69, 9.17) is 9.84 Å². The van der Waals surface area contributed by atoms with Crippen LogP contribution in [0.2, 0.25) is 0 Å². The third-order valence-corrected chi connectivity index (χ3v) is 4.76. The number of ether oxygens (including phenoxy) is 1. The summed E-state index contributed by atoms with van der Waals surface area (Å²) in [5.41, 5.74) is 3.28. The van der Waals surface area contributed by atoms with E-state index in [0.29, 0.717) is 11.7 Å². The second-order valence-electron chi connectivity index (χ2n) is 7.01. The predicted octanol–water partition coefficient (Wildman–Crippen LogP) is 3.31. The molecule has 1 aromatic heterocycles. The quantitative estimate of drug-likeness (QED) is 0.826. The van der Waals surface area contributed by atoms with Crippen molar-refractivity contribution in [2.45, 2.75) is 32.7 Å². The first-order valence-electron chi connectivity index (χ1n) is 9.17.